The van der Waals surface area contributed by atoms with Gasteiger partial charge >= 0.3 is 0 Å². The second-order valence-corrected chi connectivity index (χ2v) is 10.4. The summed E-state index contributed by atoms with van der Waals surface area (Å²) in [4.78, 5) is 16.6. The number of hydrogen-bond acceptors (Lipinski definition) is 2. The first-order valence-corrected chi connectivity index (χ1v) is 11.2. The lowest BCUT2D eigenvalue weighted by molar-refractivity contribution is -0.132. The predicted molar refractivity (Wildman–Crippen MR) is 104 cm³/mol. The molecule has 1 fully saturated rings. The molecule has 0 aromatic heterocycles. The molecule has 1 heterocycles. The van der Waals surface area contributed by atoms with Crippen LogP contribution in [-0.4, -0.2) is 67.7 Å². The Hall–Kier alpha value is -1.22. The second-order valence-electron chi connectivity index (χ2n) is 6.50. The number of piperazine rings is 1. The van der Waals surface area contributed by atoms with Gasteiger partial charge in [-0.1, -0.05) is 31.2 Å². The summed E-state index contributed by atoms with van der Waals surface area (Å²) in [5.41, 5.74) is 2.20. The molecule has 2 rings (SSSR count). The zero-order valence-corrected chi connectivity index (χ0v) is 16.4. The maximum atomic E-state index is 12.4. The van der Waals surface area contributed by atoms with Gasteiger partial charge in [0.1, 0.15) is 0 Å². The minimum Gasteiger partial charge on any atom is -0.340 e. The summed E-state index contributed by atoms with van der Waals surface area (Å²) in [5, 5.41) is 3.53. The van der Waals surface area contributed by atoms with Crippen molar-refractivity contribution in [3.8, 4) is 5.18 Å². The molecule has 1 aromatic carbocycles. The molecule has 0 spiro atoms. The van der Waals surface area contributed by atoms with Crippen LogP contribution >= 0.6 is 9.44 Å². The number of rotatable bonds is 2. The molecule has 1 saturated heterocycles. The molecule has 0 bridgehead atoms. The average molecular weight is 337 g/mol. The summed E-state index contributed by atoms with van der Waals surface area (Å²) >= 11 is 0. The van der Waals surface area contributed by atoms with Crippen molar-refractivity contribution in [1.29, 1.82) is 0 Å². The van der Waals surface area contributed by atoms with Gasteiger partial charge in [-0.3, -0.25) is 4.79 Å². The van der Waals surface area contributed by atoms with Gasteiger partial charge in [0.05, 0.1) is 6.42 Å². The van der Waals surface area contributed by atoms with Gasteiger partial charge in [0.15, 0.2) is 0 Å². The highest BCUT2D eigenvalue weighted by Crippen LogP contribution is 2.19. The van der Waals surface area contributed by atoms with Crippen molar-refractivity contribution in [2.45, 2.75) is 20.3 Å². The Bertz CT molecular complexity index is 612. The van der Waals surface area contributed by atoms with Crippen LogP contribution in [0.5, 0.6) is 0 Å². The molecule has 0 aliphatic carbocycles. The van der Waals surface area contributed by atoms with Gasteiger partial charge in [-0.25, -0.2) is 0 Å². The van der Waals surface area contributed by atoms with Gasteiger partial charge in [-0.05, 0) is 43.5 Å². The SMILES string of the molecule is CC.CN1CCN(C(=O)Cc2cccc(C#S(C)(C)C)c2)CC1. The molecule has 0 N–H and O–H groups in total. The van der Waals surface area contributed by atoms with E-state index < -0.39 is 9.44 Å². The molecule has 0 saturated carbocycles. The second kappa shape index (κ2) is 9.17. The van der Waals surface area contributed by atoms with E-state index in [0.29, 0.717) is 6.42 Å². The van der Waals surface area contributed by atoms with Crippen LogP contribution in [0, 0.1) is 5.18 Å². The number of nitrogens with zero attached hydrogens (tertiary/aromatic N) is 2. The first kappa shape index (κ1) is 19.8. The van der Waals surface area contributed by atoms with Crippen molar-refractivity contribution < 1.29 is 4.79 Å². The highest BCUT2D eigenvalue weighted by Gasteiger charge is 2.18. The van der Waals surface area contributed by atoms with Crippen LogP contribution in [0.15, 0.2) is 24.3 Å². The van der Waals surface area contributed by atoms with Crippen molar-refractivity contribution in [2.24, 2.45) is 0 Å². The standard InChI is InChI=1S/C17H26N2OS.C2H6/c1-18-8-10-19(11-9-18)17(20)13-15-6-5-7-16(12-15)14-21(2,3)4;1-2/h5-7,12H,8-11,13H2,1-4H3;1-2H3. The third-order valence-electron chi connectivity index (χ3n) is 3.56. The van der Waals surface area contributed by atoms with Crippen molar-refractivity contribution in [3.63, 3.8) is 0 Å². The molecule has 3 nitrogen and oxygen atoms in total. The summed E-state index contributed by atoms with van der Waals surface area (Å²) in [7, 11) is 1.30. The molecule has 1 aromatic rings. The molecule has 4 heteroatoms. The van der Waals surface area contributed by atoms with E-state index in [4.69, 9.17) is 0 Å². The van der Waals surface area contributed by atoms with E-state index in [1.807, 2.05) is 30.9 Å². The Balaban J connectivity index is 0.00000127. The summed E-state index contributed by atoms with van der Waals surface area (Å²) in [6, 6.07) is 8.24. The Morgan fingerprint density at radius 1 is 1.13 bits per heavy atom. The number of amides is 1. The Morgan fingerprint density at radius 2 is 1.74 bits per heavy atom. The van der Waals surface area contributed by atoms with Crippen molar-refractivity contribution >= 4 is 15.3 Å². The fourth-order valence-corrected chi connectivity index (χ4v) is 3.27. The van der Waals surface area contributed by atoms with Gasteiger partial charge < -0.3 is 9.80 Å². The van der Waals surface area contributed by atoms with Gasteiger partial charge in [-0.2, -0.15) is 9.44 Å². The Labute approximate surface area is 143 Å². The van der Waals surface area contributed by atoms with Crippen LogP contribution in [0.1, 0.15) is 25.0 Å². The highest BCUT2D eigenvalue weighted by atomic mass is 32.2. The van der Waals surface area contributed by atoms with Gasteiger partial charge in [0.25, 0.3) is 0 Å². The van der Waals surface area contributed by atoms with Crippen LogP contribution in [-0.2, 0) is 11.2 Å². The molecule has 1 amide bonds. The van der Waals surface area contributed by atoms with E-state index in [9.17, 15) is 4.79 Å². The van der Waals surface area contributed by atoms with E-state index in [1.165, 1.54) is 0 Å². The van der Waals surface area contributed by atoms with E-state index >= 15 is 0 Å². The Morgan fingerprint density at radius 3 is 2.30 bits per heavy atom. The normalized spacial score (nSPS) is 15.5. The molecule has 1 aliphatic heterocycles. The van der Waals surface area contributed by atoms with Gasteiger partial charge in [0, 0.05) is 31.7 Å². The van der Waals surface area contributed by atoms with Crippen molar-refractivity contribution in [3.05, 3.63) is 35.4 Å². The maximum absolute atomic E-state index is 12.4. The van der Waals surface area contributed by atoms with Crippen molar-refractivity contribution in [1.82, 2.24) is 9.80 Å². The highest BCUT2D eigenvalue weighted by molar-refractivity contribution is 8.22. The summed E-state index contributed by atoms with van der Waals surface area (Å²) < 4.78 is 0. The fourth-order valence-electron chi connectivity index (χ4n) is 2.44. The minimum atomic E-state index is -0.800. The molecule has 0 radical (unpaired) electrons. The van der Waals surface area contributed by atoms with Crippen LogP contribution in [0.4, 0.5) is 0 Å². The van der Waals surface area contributed by atoms with Crippen LogP contribution in [0.3, 0.4) is 0 Å². The van der Waals surface area contributed by atoms with E-state index in [2.05, 4.69) is 48.0 Å². The van der Waals surface area contributed by atoms with Crippen LogP contribution in [0.2, 0.25) is 0 Å². The van der Waals surface area contributed by atoms with E-state index in [0.717, 1.165) is 37.3 Å². The average Bonchev–Trinajstić information content (AvgIpc) is 2.48. The first-order valence-electron chi connectivity index (χ1n) is 8.35. The summed E-state index contributed by atoms with van der Waals surface area (Å²) in [6.07, 6.45) is 7.15. The topological polar surface area (TPSA) is 23.6 Å². The van der Waals surface area contributed by atoms with E-state index in [1.54, 1.807) is 0 Å². The predicted octanol–water partition coefficient (Wildman–Crippen LogP) is 3.03. The monoisotopic (exact) mass is 336 g/mol. The lowest BCUT2D eigenvalue weighted by Crippen LogP contribution is -2.47. The van der Waals surface area contributed by atoms with E-state index in [-0.39, 0.29) is 5.91 Å². The zero-order chi connectivity index (χ0) is 17.5. The Kier molecular flexibility index (Phi) is 7.90. The quantitative estimate of drug-likeness (QED) is 0.829. The van der Waals surface area contributed by atoms with Gasteiger partial charge in [-0.15, -0.1) is 0 Å². The summed E-state index contributed by atoms with van der Waals surface area (Å²) in [6.45, 7) is 7.64. The number of carbonyl (C=O) groups excluding carboxylic acids is 1. The lowest BCUT2D eigenvalue weighted by atomic mass is 10.1. The number of benzene rings is 1. The maximum Gasteiger partial charge on any atom is 0.227 e. The van der Waals surface area contributed by atoms with Crippen LogP contribution in [0.25, 0.3) is 0 Å². The third kappa shape index (κ3) is 7.26. The molecule has 1 aliphatic rings. The van der Waals surface area contributed by atoms with Gasteiger partial charge in [0.2, 0.25) is 5.91 Å². The summed E-state index contributed by atoms with van der Waals surface area (Å²) in [5.74, 6) is 0.239. The number of hydrogen-bond donors (Lipinski definition) is 0. The smallest absolute Gasteiger partial charge is 0.227 e. The number of likely N-dealkylation sites (N-methyl/N-ethyl adjacent to an activating group) is 1. The first-order chi connectivity index (χ1) is 10.8. The molecule has 23 heavy (non-hydrogen) atoms. The molecular weight excluding hydrogens is 304 g/mol. The molecular formula is C19H32N2OS. The molecule has 0 atom stereocenters. The van der Waals surface area contributed by atoms with Crippen molar-refractivity contribution in [2.75, 3.05) is 52.0 Å². The molecule has 0 unspecified atom stereocenters. The van der Waals surface area contributed by atoms with Crippen LogP contribution < -0.4 is 0 Å². The molecule has 130 valence electrons. The fraction of sp³-hybridized carbons (Fsp3) is 0.579. The zero-order valence-electron chi connectivity index (χ0n) is 15.6. The minimum absolute atomic E-state index is 0.239. The number of carbonyl (C=O) groups is 1. The third-order valence-corrected chi connectivity index (χ3v) is 4.41. The largest absolute Gasteiger partial charge is 0.340 e. The lowest BCUT2D eigenvalue weighted by Gasteiger charge is -2.32.